The van der Waals surface area contributed by atoms with Crippen LogP contribution in [0.3, 0.4) is 0 Å². The van der Waals surface area contributed by atoms with Crippen molar-refractivity contribution in [3.8, 4) is 0 Å². The van der Waals surface area contributed by atoms with E-state index in [1.165, 1.54) is 0 Å². The standard InChI is InChI=1S/C14H19NO4/c1-7-8(2)19-9(3)12(7)13(16)15-11-5-4-10(6-11)14(17)18/h10-11H,4-6H2,1-3H3,(H,15,16)(H,17,18). The summed E-state index contributed by atoms with van der Waals surface area (Å²) >= 11 is 0. The Bertz CT molecular complexity index is 518. The number of hydrogen-bond acceptors (Lipinski definition) is 3. The first-order valence-electron chi connectivity index (χ1n) is 6.50. The molecule has 1 heterocycles. The average Bonchev–Trinajstić information content (AvgIpc) is 2.85. The van der Waals surface area contributed by atoms with Crippen molar-refractivity contribution in [3.63, 3.8) is 0 Å². The molecule has 1 aliphatic rings. The number of furan rings is 1. The van der Waals surface area contributed by atoms with E-state index < -0.39 is 5.97 Å². The maximum Gasteiger partial charge on any atom is 0.306 e. The molecule has 0 aliphatic heterocycles. The summed E-state index contributed by atoms with van der Waals surface area (Å²) in [6.45, 7) is 5.45. The first-order chi connectivity index (χ1) is 8.90. The molecule has 1 aromatic heterocycles. The van der Waals surface area contributed by atoms with E-state index in [1.54, 1.807) is 6.92 Å². The summed E-state index contributed by atoms with van der Waals surface area (Å²) in [5.74, 6) is 0.0856. The third-order valence-electron chi connectivity index (χ3n) is 3.91. The summed E-state index contributed by atoms with van der Waals surface area (Å²) in [5.41, 5.74) is 1.43. The second kappa shape index (κ2) is 5.07. The first-order valence-corrected chi connectivity index (χ1v) is 6.50. The van der Waals surface area contributed by atoms with Crippen LogP contribution in [-0.4, -0.2) is 23.0 Å². The van der Waals surface area contributed by atoms with Crippen LogP contribution in [0.4, 0.5) is 0 Å². The summed E-state index contributed by atoms with van der Waals surface area (Å²) in [6.07, 6.45) is 1.86. The molecular formula is C14H19NO4. The molecule has 2 N–H and O–H groups in total. The van der Waals surface area contributed by atoms with E-state index in [0.29, 0.717) is 24.2 Å². The Kier molecular flexibility index (Phi) is 3.64. The van der Waals surface area contributed by atoms with Gasteiger partial charge in [-0.1, -0.05) is 0 Å². The van der Waals surface area contributed by atoms with Crippen LogP contribution in [0.25, 0.3) is 0 Å². The summed E-state index contributed by atoms with van der Waals surface area (Å²) in [5, 5.41) is 11.9. The Morgan fingerprint density at radius 2 is 1.89 bits per heavy atom. The number of nitrogens with one attached hydrogen (secondary N) is 1. The quantitative estimate of drug-likeness (QED) is 0.878. The zero-order chi connectivity index (χ0) is 14.2. The maximum absolute atomic E-state index is 12.2. The maximum atomic E-state index is 12.2. The molecule has 104 valence electrons. The number of aliphatic carboxylic acids is 1. The van der Waals surface area contributed by atoms with E-state index in [1.807, 2.05) is 13.8 Å². The van der Waals surface area contributed by atoms with Gasteiger partial charge in [-0.05, 0) is 40.0 Å². The number of carbonyl (C=O) groups is 2. The van der Waals surface area contributed by atoms with Gasteiger partial charge >= 0.3 is 5.97 Å². The number of carboxylic acids is 1. The van der Waals surface area contributed by atoms with Crippen molar-refractivity contribution in [2.75, 3.05) is 0 Å². The van der Waals surface area contributed by atoms with E-state index in [9.17, 15) is 9.59 Å². The molecule has 2 rings (SSSR count). The normalized spacial score (nSPS) is 22.5. The highest BCUT2D eigenvalue weighted by Crippen LogP contribution is 2.27. The second-order valence-electron chi connectivity index (χ2n) is 5.23. The minimum atomic E-state index is -0.775. The molecule has 0 spiro atoms. The Hall–Kier alpha value is -1.78. The van der Waals surface area contributed by atoms with Crippen LogP contribution in [0.5, 0.6) is 0 Å². The Morgan fingerprint density at radius 3 is 2.37 bits per heavy atom. The third kappa shape index (κ3) is 2.64. The molecule has 19 heavy (non-hydrogen) atoms. The van der Waals surface area contributed by atoms with Gasteiger partial charge in [0, 0.05) is 11.6 Å². The van der Waals surface area contributed by atoms with Gasteiger partial charge in [-0.3, -0.25) is 9.59 Å². The van der Waals surface area contributed by atoms with Crippen LogP contribution in [0.2, 0.25) is 0 Å². The molecule has 1 amide bonds. The fraction of sp³-hybridized carbons (Fsp3) is 0.571. The monoisotopic (exact) mass is 265 g/mol. The SMILES string of the molecule is Cc1oc(C)c(C(=O)NC2CCC(C(=O)O)C2)c1C. The van der Waals surface area contributed by atoms with Crippen LogP contribution < -0.4 is 5.32 Å². The number of aryl methyl sites for hydroxylation is 2. The lowest BCUT2D eigenvalue weighted by molar-refractivity contribution is -0.141. The molecule has 2 atom stereocenters. The lowest BCUT2D eigenvalue weighted by Gasteiger charge is -2.12. The fourth-order valence-electron chi connectivity index (χ4n) is 2.72. The molecular weight excluding hydrogens is 246 g/mol. The minimum absolute atomic E-state index is 0.0531. The molecule has 1 aromatic rings. The summed E-state index contributed by atoms with van der Waals surface area (Å²) in [6, 6.07) is -0.0531. The smallest absolute Gasteiger partial charge is 0.306 e. The lowest BCUT2D eigenvalue weighted by Crippen LogP contribution is -2.33. The molecule has 0 bridgehead atoms. The Balaban J connectivity index is 2.04. The van der Waals surface area contributed by atoms with Crippen molar-refractivity contribution in [1.82, 2.24) is 5.32 Å². The second-order valence-corrected chi connectivity index (χ2v) is 5.23. The van der Waals surface area contributed by atoms with Crippen LogP contribution in [-0.2, 0) is 4.79 Å². The summed E-state index contributed by atoms with van der Waals surface area (Å²) in [7, 11) is 0. The molecule has 1 saturated carbocycles. The van der Waals surface area contributed by atoms with E-state index >= 15 is 0 Å². The zero-order valence-electron chi connectivity index (χ0n) is 11.4. The van der Waals surface area contributed by atoms with Gasteiger partial charge in [0.15, 0.2) is 0 Å². The number of amides is 1. The minimum Gasteiger partial charge on any atom is -0.481 e. The van der Waals surface area contributed by atoms with Crippen molar-refractivity contribution in [3.05, 3.63) is 22.6 Å². The number of rotatable bonds is 3. The highest BCUT2D eigenvalue weighted by Gasteiger charge is 2.31. The Morgan fingerprint density at radius 1 is 1.21 bits per heavy atom. The van der Waals surface area contributed by atoms with Crippen molar-refractivity contribution < 1.29 is 19.1 Å². The number of carboxylic acid groups (broad SMARTS) is 1. The molecule has 5 heteroatoms. The first kappa shape index (κ1) is 13.6. The number of hydrogen-bond donors (Lipinski definition) is 2. The summed E-state index contributed by atoms with van der Waals surface area (Å²) in [4.78, 5) is 23.1. The highest BCUT2D eigenvalue weighted by atomic mass is 16.4. The van der Waals surface area contributed by atoms with Gasteiger partial charge < -0.3 is 14.8 Å². The largest absolute Gasteiger partial charge is 0.481 e. The zero-order valence-corrected chi connectivity index (χ0v) is 11.4. The molecule has 0 aromatic carbocycles. The molecule has 1 aliphatic carbocycles. The van der Waals surface area contributed by atoms with Crippen molar-refractivity contribution >= 4 is 11.9 Å². The predicted molar refractivity (Wildman–Crippen MR) is 69.2 cm³/mol. The van der Waals surface area contributed by atoms with Crippen molar-refractivity contribution in [2.45, 2.75) is 46.1 Å². The third-order valence-corrected chi connectivity index (χ3v) is 3.91. The lowest BCUT2D eigenvalue weighted by atomic mass is 10.1. The van der Waals surface area contributed by atoms with E-state index in [4.69, 9.17) is 9.52 Å². The van der Waals surface area contributed by atoms with Crippen molar-refractivity contribution in [2.24, 2.45) is 5.92 Å². The number of carbonyl (C=O) groups excluding carboxylic acids is 1. The molecule has 1 fully saturated rings. The van der Waals surface area contributed by atoms with Gasteiger partial charge in [0.1, 0.15) is 11.5 Å². The molecule has 0 saturated heterocycles. The predicted octanol–water partition coefficient (Wildman–Crippen LogP) is 2.19. The van der Waals surface area contributed by atoms with Gasteiger partial charge in [-0.15, -0.1) is 0 Å². The molecule has 0 radical (unpaired) electrons. The van der Waals surface area contributed by atoms with E-state index in [2.05, 4.69) is 5.32 Å². The topological polar surface area (TPSA) is 79.5 Å². The van der Waals surface area contributed by atoms with Crippen LogP contribution in [0.15, 0.2) is 4.42 Å². The van der Waals surface area contributed by atoms with Crippen molar-refractivity contribution in [1.29, 1.82) is 0 Å². The molecule has 5 nitrogen and oxygen atoms in total. The van der Waals surface area contributed by atoms with Gasteiger partial charge in [0.05, 0.1) is 11.5 Å². The summed E-state index contributed by atoms with van der Waals surface area (Å²) < 4.78 is 5.44. The highest BCUT2D eigenvalue weighted by molar-refractivity contribution is 5.97. The van der Waals surface area contributed by atoms with E-state index in [-0.39, 0.29) is 17.9 Å². The molecule has 2 unspecified atom stereocenters. The van der Waals surface area contributed by atoms with E-state index in [0.717, 1.165) is 17.7 Å². The van der Waals surface area contributed by atoms with Crippen LogP contribution in [0, 0.1) is 26.7 Å². The average molecular weight is 265 g/mol. The van der Waals surface area contributed by atoms with Gasteiger partial charge in [0.2, 0.25) is 0 Å². The van der Waals surface area contributed by atoms with Crippen LogP contribution in [0.1, 0.15) is 46.7 Å². The van der Waals surface area contributed by atoms with Crippen LogP contribution >= 0.6 is 0 Å². The van der Waals surface area contributed by atoms with Gasteiger partial charge in [-0.2, -0.15) is 0 Å². The van der Waals surface area contributed by atoms with Gasteiger partial charge in [-0.25, -0.2) is 0 Å². The van der Waals surface area contributed by atoms with Gasteiger partial charge in [0.25, 0.3) is 5.91 Å². The fourth-order valence-corrected chi connectivity index (χ4v) is 2.72. The Labute approximate surface area is 112 Å².